The predicted octanol–water partition coefficient (Wildman–Crippen LogP) is 2.16. The van der Waals surface area contributed by atoms with Crippen molar-refractivity contribution in [3.63, 3.8) is 0 Å². The molecule has 3 heteroatoms. The van der Waals surface area contributed by atoms with Crippen molar-refractivity contribution in [1.29, 1.82) is 0 Å². The van der Waals surface area contributed by atoms with E-state index in [1.807, 2.05) is 6.26 Å². The van der Waals surface area contributed by atoms with Crippen LogP contribution in [0.5, 0.6) is 0 Å². The Balaban J connectivity index is 1.57. The molecular formula is C18H18N2O. The van der Waals surface area contributed by atoms with Gasteiger partial charge in [0.1, 0.15) is 5.76 Å². The van der Waals surface area contributed by atoms with Gasteiger partial charge in [0.2, 0.25) is 0 Å². The highest BCUT2D eigenvalue weighted by molar-refractivity contribution is 5.50. The zero-order chi connectivity index (χ0) is 13.8. The summed E-state index contributed by atoms with van der Waals surface area (Å²) in [6.45, 7) is 0.893. The van der Waals surface area contributed by atoms with Gasteiger partial charge in [0.15, 0.2) is 0 Å². The van der Waals surface area contributed by atoms with Gasteiger partial charge in [-0.3, -0.25) is 10.6 Å². The minimum Gasteiger partial charge on any atom is -0.465 e. The van der Waals surface area contributed by atoms with Crippen LogP contribution < -0.4 is 10.6 Å². The monoisotopic (exact) mass is 278 g/mol. The molecule has 106 valence electrons. The maximum atomic E-state index is 5.92. The molecular weight excluding hydrogens is 260 g/mol. The summed E-state index contributed by atoms with van der Waals surface area (Å²) in [6.07, 6.45) is 19.9. The molecule has 5 rings (SSSR count). The number of fused-ring (bicyclic) bond motifs is 6. The van der Waals surface area contributed by atoms with E-state index in [2.05, 4.69) is 59.2 Å². The lowest BCUT2D eigenvalue weighted by Crippen LogP contribution is -2.44. The fourth-order valence-electron chi connectivity index (χ4n) is 4.12. The van der Waals surface area contributed by atoms with E-state index in [1.54, 1.807) is 0 Å². The van der Waals surface area contributed by atoms with Gasteiger partial charge >= 0.3 is 0 Å². The van der Waals surface area contributed by atoms with E-state index in [0.29, 0.717) is 29.8 Å². The van der Waals surface area contributed by atoms with Crippen molar-refractivity contribution in [3.8, 4) is 0 Å². The summed E-state index contributed by atoms with van der Waals surface area (Å²) in [7, 11) is 0. The summed E-state index contributed by atoms with van der Waals surface area (Å²) in [6, 6.07) is 0.923. The van der Waals surface area contributed by atoms with Crippen molar-refractivity contribution in [2.75, 3.05) is 6.67 Å². The van der Waals surface area contributed by atoms with E-state index in [1.165, 1.54) is 11.1 Å². The van der Waals surface area contributed by atoms with Crippen LogP contribution in [0, 0.1) is 17.8 Å². The normalized spacial score (nSPS) is 41.9. The third-order valence-electron chi connectivity index (χ3n) is 5.18. The van der Waals surface area contributed by atoms with Gasteiger partial charge in [-0.15, -0.1) is 0 Å². The minimum atomic E-state index is 0.358. The molecule has 0 amide bonds. The molecule has 2 N–H and O–H groups in total. The lowest BCUT2D eigenvalue weighted by molar-refractivity contribution is 0.300. The van der Waals surface area contributed by atoms with Crippen LogP contribution in [0.4, 0.5) is 0 Å². The summed E-state index contributed by atoms with van der Waals surface area (Å²) < 4.78 is 5.92. The molecule has 2 heterocycles. The predicted molar refractivity (Wildman–Crippen MR) is 81.9 cm³/mol. The molecule has 0 radical (unpaired) electrons. The average molecular weight is 278 g/mol. The molecule has 5 atom stereocenters. The number of ether oxygens (including phenoxy) is 1. The maximum absolute atomic E-state index is 5.92. The Labute approximate surface area is 124 Å². The molecule has 5 aliphatic rings. The quantitative estimate of drug-likeness (QED) is 0.666. The zero-order valence-electron chi connectivity index (χ0n) is 11.7. The smallest absolute Gasteiger partial charge is 0.126 e. The summed E-state index contributed by atoms with van der Waals surface area (Å²) >= 11 is 0. The van der Waals surface area contributed by atoms with Gasteiger partial charge in [-0.2, -0.15) is 0 Å². The van der Waals surface area contributed by atoms with Crippen LogP contribution in [0.2, 0.25) is 0 Å². The molecule has 21 heavy (non-hydrogen) atoms. The van der Waals surface area contributed by atoms with Gasteiger partial charge in [0.05, 0.1) is 6.26 Å². The van der Waals surface area contributed by atoms with E-state index in [4.69, 9.17) is 4.74 Å². The van der Waals surface area contributed by atoms with Crippen LogP contribution in [0.25, 0.3) is 0 Å². The average Bonchev–Trinajstić information content (AvgIpc) is 3.02. The number of nitrogens with one attached hydrogen (secondary N) is 2. The van der Waals surface area contributed by atoms with Gasteiger partial charge in [-0.05, 0) is 11.6 Å². The Hall–Kier alpha value is -1.84. The Kier molecular flexibility index (Phi) is 2.43. The molecule has 0 saturated carbocycles. The maximum Gasteiger partial charge on any atom is 0.126 e. The molecule has 1 fully saturated rings. The molecule has 0 aromatic heterocycles. The van der Waals surface area contributed by atoms with E-state index >= 15 is 0 Å². The molecule has 2 aliphatic heterocycles. The Bertz CT molecular complexity index is 665. The fourth-order valence-corrected chi connectivity index (χ4v) is 4.12. The van der Waals surface area contributed by atoms with Gasteiger partial charge in [-0.25, -0.2) is 0 Å². The van der Waals surface area contributed by atoms with Crippen LogP contribution in [0.1, 0.15) is 0 Å². The standard InChI is InChI=1S/C18H18N2O/c1-2-4-13-12(3-1)9-21-17-8-14-11(7-15(13)17)5-6-16-18(14)20-10-19-16/h1-9,11,13-14,16,18-20H,10H2. The van der Waals surface area contributed by atoms with Crippen LogP contribution in [0.3, 0.4) is 0 Å². The molecule has 3 aliphatic carbocycles. The summed E-state index contributed by atoms with van der Waals surface area (Å²) in [5.41, 5.74) is 2.57. The van der Waals surface area contributed by atoms with Crippen LogP contribution in [-0.2, 0) is 4.74 Å². The van der Waals surface area contributed by atoms with E-state index < -0.39 is 0 Å². The summed E-state index contributed by atoms with van der Waals surface area (Å²) in [4.78, 5) is 0. The van der Waals surface area contributed by atoms with Crippen molar-refractivity contribution in [2.45, 2.75) is 12.1 Å². The van der Waals surface area contributed by atoms with Crippen LogP contribution in [0.15, 0.2) is 71.8 Å². The van der Waals surface area contributed by atoms with Gasteiger partial charge in [0, 0.05) is 42.1 Å². The molecule has 3 nitrogen and oxygen atoms in total. The Morgan fingerprint density at radius 3 is 3.05 bits per heavy atom. The Morgan fingerprint density at radius 1 is 1.05 bits per heavy atom. The molecule has 0 aromatic carbocycles. The van der Waals surface area contributed by atoms with Gasteiger partial charge < -0.3 is 4.74 Å². The third kappa shape index (κ3) is 1.68. The second-order valence-corrected chi connectivity index (χ2v) is 6.29. The lowest BCUT2D eigenvalue weighted by Gasteiger charge is -2.38. The first-order chi connectivity index (χ1) is 10.4. The highest BCUT2D eigenvalue weighted by Crippen LogP contribution is 2.43. The zero-order valence-corrected chi connectivity index (χ0v) is 11.7. The lowest BCUT2D eigenvalue weighted by atomic mass is 9.71. The number of allylic oxidation sites excluding steroid dienone is 8. The topological polar surface area (TPSA) is 33.3 Å². The van der Waals surface area contributed by atoms with Crippen LogP contribution >= 0.6 is 0 Å². The van der Waals surface area contributed by atoms with E-state index in [0.717, 1.165) is 12.4 Å². The number of hydrogen-bond acceptors (Lipinski definition) is 3. The highest BCUT2D eigenvalue weighted by Gasteiger charge is 2.41. The third-order valence-corrected chi connectivity index (χ3v) is 5.18. The van der Waals surface area contributed by atoms with E-state index in [-0.39, 0.29) is 0 Å². The largest absolute Gasteiger partial charge is 0.465 e. The SMILES string of the molecule is C1=CC2=COC3=CC4C(C=CC5NCNC54)C=C3C2C=C1. The number of hydrogen-bond donors (Lipinski definition) is 2. The Morgan fingerprint density at radius 2 is 2.05 bits per heavy atom. The summed E-state index contributed by atoms with van der Waals surface area (Å²) in [5.74, 6) is 2.36. The van der Waals surface area contributed by atoms with Gasteiger partial charge in [0.25, 0.3) is 0 Å². The van der Waals surface area contributed by atoms with Gasteiger partial charge in [-0.1, -0.05) is 42.5 Å². The first kappa shape index (κ1) is 11.8. The van der Waals surface area contributed by atoms with Crippen molar-refractivity contribution in [1.82, 2.24) is 10.6 Å². The molecule has 0 bridgehead atoms. The van der Waals surface area contributed by atoms with Crippen LogP contribution in [-0.4, -0.2) is 18.8 Å². The highest BCUT2D eigenvalue weighted by atomic mass is 16.5. The molecule has 5 unspecified atom stereocenters. The first-order valence-corrected chi connectivity index (χ1v) is 7.71. The minimum absolute atomic E-state index is 0.358. The van der Waals surface area contributed by atoms with Crippen molar-refractivity contribution in [3.05, 3.63) is 71.8 Å². The fraction of sp³-hybridized carbons (Fsp3) is 0.333. The van der Waals surface area contributed by atoms with Crippen molar-refractivity contribution < 1.29 is 4.74 Å². The van der Waals surface area contributed by atoms with E-state index in [9.17, 15) is 0 Å². The molecule has 0 spiro atoms. The van der Waals surface area contributed by atoms with Crippen molar-refractivity contribution >= 4 is 0 Å². The summed E-state index contributed by atoms with van der Waals surface area (Å²) in [5, 5.41) is 7.07. The molecule has 1 saturated heterocycles. The van der Waals surface area contributed by atoms with Crippen molar-refractivity contribution in [2.24, 2.45) is 17.8 Å². The molecule has 0 aromatic rings. The number of rotatable bonds is 0. The first-order valence-electron chi connectivity index (χ1n) is 7.71. The second kappa shape index (κ2) is 4.33. The second-order valence-electron chi connectivity index (χ2n) is 6.29.